The van der Waals surface area contributed by atoms with Crippen molar-refractivity contribution < 1.29 is 0 Å². The number of aromatic nitrogens is 4. The molecule has 0 aliphatic carbocycles. The van der Waals surface area contributed by atoms with Gasteiger partial charge in [0.15, 0.2) is 11.2 Å². The number of halogens is 1. The van der Waals surface area contributed by atoms with Crippen molar-refractivity contribution in [3.8, 4) is 0 Å². The molecule has 162 valence electrons. The highest BCUT2D eigenvalue weighted by atomic mass is 35.5. The summed E-state index contributed by atoms with van der Waals surface area (Å²) >= 11 is 6.01. The van der Waals surface area contributed by atoms with Crippen molar-refractivity contribution in [2.45, 2.75) is 58.5 Å². The third-order valence-corrected chi connectivity index (χ3v) is 5.95. The Balaban J connectivity index is 1.54. The van der Waals surface area contributed by atoms with Crippen molar-refractivity contribution in [1.29, 1.82) is 0 Å². The largest absolute Gasteiger partial charge is 0.332 e. The third kappa shape index (κ3) is 4.44. The van der Waals surface area contributed by atoms with Crippen molar-refractivity contribution in [2.75, 3.05) is 0 Å². The van der Waals surface area contributed by atoms with Crippen molar-refractivity contribution in [2.24, 2.45) is 0 Å². The van der Waals surface area contributed by atoms with Gasteiger partial charge in [0.1, 0.15) is 0 Å². The molecule has 0 spiro atoms. The molecule has 0 atom stereocenters. The van der Waals surface area contributed by atoms with Crippen LogP contribution >= 0.6 is 11.6 Å². The monoisotopic (exact) mass is 438 g/mol. The fraction of sp³-hybridized carbons (Fsp3) is 0.375. The maximum Gasteiger partial charge on any atom is 0.332 e. The highest BCUT2D eigenvalue weighted by Crippen LogP contribution is 2.20. The summed E-state index contributed by atoms with van der Waals surface area (Å²) in [6.45, 7) is 3.02. The molecule has 2 aromatic carbocycles. The van der Waals surface area contributed by atoms with Crippen LogP contribution in [0.25, 0.3) is 21.9 Å². The zero-order valence-electron chi connectivity index (χ0n) is 17.7. The Morgan fingerprint density at radius 3 is 2.52 bits per heavy atom. The van der Waals surface area contributed by atoms with Crippen LogP contribution in [-0.2, 0) is 19.5 Å². The minimum Gasteiger partial charge on any atom is -0.323 e. The van der Waals surface area contributed by atoms with Crippen LogP contribution in [0.4, 0.5) is 0 Å². The average molecular weight is 439 g/mol. The standard InChI is InChI=1S/C24H27ClN4O2/c1-2-3-7-15-28-21-20(26-23(25)27-21)22(30)29(24(28)31)16-8-6-11-18-13-9-12-17-10-4-5-14-19(17)18/h4-5,9-10,12-14H,2-3,6-8,11,15-16H2,1H3,(H,26,27). The minimum absolute atomic E-state index is 0.129. The van der Waals surface area contributed by atoms with E-state index < -0.39 is 0 Å². The van der Waals surface area contributed by atoms with Crippen molar-refractivity contribution in [1.82, 2.24) is 19.1 Å². The lowest BCUT2D eigenvalue weighted by Crippen LogP contribution is -2.40. The summed E-state index contributed by atoms with van der Waals surface area (Å²) in [4.78, 5) is 33.0. The normalized spacial score (nSPS) is 11.5. The molecule has 0 aliphatic rings. The van der Waals surface area contributed by atoms with Gasteiger partial charge in [-0.15, -0.1) is 0 Å². The number of unbranched alkanes of at least 4 members (excludes halogenated alkanes) is 3. The molecule has 0 saturated carbocycles. The van der Waals surface area contributed by atoms with Gasteiger partial charge in [0.2, 0.25) is 5.28 Å². The van der Waals surface area contributed by atoms with Gasteiger partial charge in [0.25, 0.3) is 5.56 Å². The molecular formula is C24H27ClN4O2. The van der Waals surface area contributed by atoms with E-state index in [1.54, 1.807) is 4.57 Å². The highest BCUT2D eigenvalue weighted by molar-refractivity contribution is 6.28. The molecule has 0 amide bonds. The first-order chi connectivity index (χ1) is 15.1. The van der Waals surface area contributed by atoms with E-state index in [0.717, 1.165) is 38.5 Å². The van der Waals surface area contributed by atoms with Gasteiger partial charge in [0, 0.05) is 13.1 Å². The van der Waals surface area contributed by atoms with Crippen LogP contribution in [-0.4, -0.2) is 19.1 Å². The molecule has 7 heteroatoms. The van der Waals surface area contributed by atoms with Gasteiger partial charge in [-0.2, -0.15) is 4.98 Å². The van der Waals surface area contributed by atoms with E-state index in [2.05, 4.69) is 53.3 Å². The number of benzene rings is 2. The number of nitrogens with one attached hydrogen (secondary N) is 1. The van der Waals surface area contributed by atoms with E-state index in [0.29, 0.717) is 24.3 Å². The van der Waals surface area contributed by atoms with Crippen LogP contribution in [0, 0.1) is 0 Å². The molecule has 0 unspecified atom stereocenters. The topological polar surface area (TPSA) is 72.7 Å². The molecule has 2 aromatic heterocycles. The van der Waals surface area contributed by atoms with Gasteiger partial charge in [-0.25, -0.2) is 4.79 Å². The lowest BCUT2D eigenvalue weighted by Gasteiger charge is -2.11. The van der Waals surface area contributed by atoms with E-state index in [9.17, 15) is 9.59 Å². The lowest BCUT2D eigenvalue weighted by atomic mass is 10.0. The Bertz CT molecular complexity index is 1310. The van der Waals surface area contributed by atoms with E-state index in [4.69, 9.17) is 11.6 Å². The summed E-state index contributed by atoms with van der Waals surface area (Å²) in [6.07, 6.45) is 5.44. The van der Waals surface area contributed by atoms with Crippen molar-refractivity contribution >= 4 is 33.5 Å². The summed E-state index contributed by atoms with van der Waals surface area (Å²) in [5.74, 6) is 0. The summed E-state index contributed by atoms with van der Waals surface area (Å²) in [7, 11) is 0. The van der Waals surface area contributed by atoms with Gasteiger partial charge in [0.05, 0.1) is 0 Å². The molecule has 0 radical (unpaired) electrons. The Labute approximate surface area is 185 Å². The van der Waals surface area contributed by atoms with E-state index in [1.165, 1.54) is 20.9 Å². The van der Waals surface area contributed by atoms with Crippen LogP contribution in [0.3, 0.4) is 0 Å². The quantitative estimate of drug-likeness (QED) is 0.298. The molecular weight excluding hydrogens is 412 g/mol. The third-order valence-electron chi connectivity index (χ3n) is 5.78. The molecule has 4 rings (SSSR count). The number of rotatable bonds is 9. The average Bonchev–Trinajstić information content (AvgIpc) is 3.17. The Morgan fingerprint density at radius 2 is 1.68 bits per heavy atom. The first-order valence-electron chi connectivity index (χ1n) is 11.0. The van der Waals surface area contributed by atoms with Crippen LogP contribution < -0.4 is 11.2 Å². The molecule has 0 bridgehead atoms. The molecule has 6 nitrogen and oxygen atoms in total. The second kappa shape index (κ2) is 9.52. The van der Waals surface area contributed by atoms with Crippen LogP contribution in [0.2, 0.25) is 5.28 Å². The fourth-order valence-electron chi connectivity index (χ4n) is 4.15. The Morgan fingerprint density at radius 1 is 0.935 bits per heavy atom. The molecule has 0 saturated heterocycles. The first kappa shape index (κ1) is 21.4. The highest BCUT2D eigenvalue weighted by Gasteiger charge is 2.16. The predicted molar refractivity (Wildman–Crippen MR) is 126 cm³/mol. The van der Waals surface area contributed by atoms with E-state index >= 15 is 0 Å². The van der Waals surface area contributed by atoms with Crippen molar-refractivity contribution in [3.63, 3.8) is 0 Å². The Kier molecular flexibility index (Phi) is 6.56. The van der Waals surface area contributed by atoms with Gasteiger partial charge in [-0.3, -0.25) is 13.9 Å². The molecule has 31 heavy (non-hydrogen) atoms. The number of hydrogen-bond acceptors (Lipinski definition) is 3. The van der Waals surface area contributed by atoms with E-state index in [1.807, 2.05) is 6.07 Å². The molecule has 0 fully saturated rings. The Hall–Kier alpha value is -2.86. The van der Waals surface area contributed by atoms with Gasteiger partial charge < -0.3 is 4.98 Å². The number of hydrogen-bond donors (Lipinski definition) is 1. The lowest BCUT2D eigenvalue weighted by molar-refractivity contribution is 0.518. The van der Waals surface area contributed by atoms with Crippen LogP contribution in [0.15, 0.2) is 52.1 Å². The number of imidazole rings is 1. The number of H-pyrrole nitrogens is 1. The molecule has 0 aliphatic heterocycles. The van der Waals surface area contributed by atoms with Crippen molar-refractivity contribution in [3.05, 3.63) is 74.1 Å². The van der Waals surface area contributed by atoms with Gasteiger partial charge >= 0.3 is 5.69 Å². The maximum absolute atomic E-state index is 13.1. The first-order valence-corrected chi connectivity index (χ1v) is 11.3. The summed E-state index contributed by atoms with van der Waals surface area (Å²) in [5, 5.41) is 2.62. The second-order valence-electron chi connectivity index (χ2n) is 7.92. The zero-order chi connectivity index (χ0) is 21.8. The smallest absolute Gasteiger partial charge is 0.323 e. The summed E-state index contributed by atoms with van der Waals surface area (Å²) in [5.41, 5.74) is 1.29. The van der Waals surface area contributed by atoms with Crippen LogP contribution in [0.5, 0.6) is 0 Å². The number of aryl methyl sites for hydroxylation is 2. The summed E-state index contributed by atoms with van der Waals surface area (Å²) in [6, 6.07) is 14.7. The number of nitrogens with zero attached hydrogens (tertiary/aromatic N) is 3. The number of fused-ring (bicyclic) bond motifs is 2. The minimum atomic E-state index is -0.351. The molecule has 4 aromatic rings. The zero-order valence-corrected chi connectivity index (χ0v) is 18.5. The predicted octanol–water partition coefficient (Wildman–Crippen LogP) is 4.91. The molecule has 2 heterocycles. The van der Waals surface area contributed by atoms with Gasteiger partial charge in [-0.1, -0.05) is 62.2 Å². The summed E-state index contributed by atoms with van der Waals surface area (Å²) < 4.78 is 2.91. The fourth-order valence-corrected chi connectivity index (χ4v) is 4.33. The van der Waals surface area contributed by atoms with Crippen LogP contribution in [0.1, 0.15) is 44.6 Å². The maximum atomic E-state index is 13.1. The van der Waals surface area contributed by atoms with E-state index in [-0.39, 0.29) is 16.5 Å². The van der Waals surface area contributed by atoms with Gasteiger partial charge in [-0.05, 0) is 53.6 Å². The number of aromatic amines is 1. The molecule has 1 N–H and O–H groups in total. The SMILES string of the molecule is CCCCCn1c(=O)n(CCCCc2cccc3ccccc23)c(=O)c2[nH]c(Cl)nc21. The second-order valence-corrected chi connectivity index (χ2v) is 8.28.